The maximum Gasteiger partial charge on any atom is 0.315 e. The van der Waals surface area contributed by atoms with E-state index in [4.69, 9.17) is 10.7 Å². The Hall–Kier alpha value is -4.18. The fourth-order valence-corrected chi connectivity index (χ4v) is 5.74. The van der Waals surface area contributed by atoms with Crippen LogP contribution in [0, 0.1) is 0 Å². The van der Waals surface area contributed by atoms with Gasteiger partial charge in [0.15, 0.2) is 0 Å². The summed E-state index contributed by atoms with van der Waals surface area (Å²) in [5, 5.41) is 12.5. The standard InChI is InChI=1S/C32H42N8O2/c33-29-16-9-23(21-35-29)22-36-32(42)38-26-12-10-24(11-13-26)28-15-14-27(30(39-28)37-25-7-3-1-4-8-25)31(41)34-17-20-40-18-5-2-6-19-40/h1,3-4,7-9,14-16,21,24,26H,2,5-6,10-13,17-20,22H2,(H2,33,35)(H,34,41)(H,37,39)(H2,36,38,42)/t24-,26+. The van der Waals surface area contributed by atoms with Crippen LogP contribution in [0.25, 0.3) is 0 Å². The molecule has 0 spiro atoms. The summed E-state index contributed by atoms with van der Waals surface area (Å²) < 4.78 is 0. The Labute approximate surface area is 247 Å². The number of anilines is 3. The molecule has 1 aliphatic heterocycles. The number of nitrogens with one attached hydrogen (secondary N) is 4. The quantitative estimate of drug-likeness (QED) is 0.241. The Morgan fingerprint density at radius 1 is 0.905 bits per heavy atom. The van der Waals surface area contributed by atoms with Crippen LogP contribution in [0.4, 0.5) is 22.1 Å². The molecule has 10 nitrogen and oxygen atoms in total. The van der Waals surface area contributed by atoms with Gasteiger partial charge in [-0.25, -0.2) is 14.8 Å². The molecule has 1 aromatic carbocycles. The second-order valence-corrected chi connectivity index (χ2v) is 11.2. The van der Waals surface area contributed by atoms with Crippen molar-refractivity contribution in [3.63, 3.8) is 0 Å². The molecule has 222 valence electrons. The number of rotatable bonds is 10. The molecular formula is C32H42N8O2. The minimum absolute atomic E-state index is 0.109. The first-order valence-corrected chi connectivity index (χ1v) is 15.1. The lowest BCUT2D eigenvalue weighted by Gasteiger charge is -2.29. The molecule has 2 fully saturated rings. The molecule has 1 aliphatic carbocycles. The van der Waals surface area contributed by atoms with Gasteiger partial charge in [-0.15, -0.1) is 0 Å². The number of hydrogen-bond donors (Lipinski definition) is 5. The van der Waals surface area contributed by atoms with E-state index in [-0.39, 0.29) is 23.9 Å². The zero-order valence-electron chi connectivity index (χ0n) is 24.1. The predicted molar refractivity (Wildman–Crippen MR) is 166 cm³/mol. The van der Waals surface area contributed by atoms with Gasteiger partial charge in [0, 0.05) is 49.2 Å². The smallest absolute Gasteiger partial charge is 0.315 e. The highest BCUT2D eigenvalue weighted by molar-refractivity contribution is 5.99. The zero-order valence-corrected chi connectivity index (χ0v) is 24.1. The molecule has 1 saturated carbocycles. The number of nitrogens with two attached hydrogens (primary N) is 1. The lowest BCUT2D eigenvalue weighted by atomic mass is 9.83. The normalized spacial score (nSPS) is 19.0. The third-order valence-corrected chi connectivity index (χ3v) is 8.14. The van der Waals surface area contributed by atoms with Crippen LogP contribution in [-0.4, -0.2) is 59.0 Å². The van der Waals surface area contributed by atoms with Crippen molar-refractivity contribution in [1.82, 2.24) is 30.8 Å². The van der Waals surface area contributed by atoms with Crippen molar-refractivity contribution in [3.8, 4) is 0 Å². The van der Waals surface area contributed by atoms with E-state index >= 15 is 0 Å². The molecule has 42 heavy (non-hydrogen) atoms. The van der Waals surface area contributed by atoms with Crippen molar-refractivity contribution >= 4 is 29.3 Å². The van der Waals surface area contributed by atoms with Crippen molar-refractivity contribution in [2.45, 2.75) is 63.5 Å². The molecule has 10 heteroatoms. The Balaban J connectivity index is 1.16. The molecule has 2 aliphatic rings. The van der Waals surface area contributed by atoms with E-state index in [1.807, 2.05) is 48.5 Å². The number of urea groups is 1. The number of piperidine rings is 1. The number of para-hydroxylation sites is 1. The van der Waals surface area contributed by atoms with Crippen molar-refractivity contribution in [3.05, 3.63) is 77.6 Å². The van der Waals surface area contributed by atoms with Gasteiger partial charge in [-0.3, -0.25) is 4.79 Å². The first kappa shape index (κ1) is 29.3. The summed E-state index contributed by atoms with van der Waals surface area (Å²) in [7, 11) is 0. The first-order valence-electron chi connectivity index (χ1n) is 15.1. The van der Waals surface area contributed by atoms with Crippen LogP contribution in [0.2, 0.25) is 0 Å². The summed E-state index contributed by atoms with van der Waals surface area (Å²) in [6, 6.07) is 17.2. The first-order chi connectivity index (χ1) is 20.5. The summed E-state index contributed by atoms with van der Waals surface area (Å²) >= 11 is 0. The maximum absolute atomic E-state index is 13.2. The zero-order chi connectivity index (χ0) is 29.1. The Morgan fingerprint density at radius 2 is 1.69 bits per heavy atom. The third kappa shape index (κ3) is 8.42. The second-order valence-electron chi connectivity index (χ2n) is 11.2. The fraction of sp³-hybridized carbons (Fsp3) is 0.438. The van der Waals surface area contributed by atoms with E-state index in [9.17, 15) is 9.59 Å². The van der Waals surface area contributed by atoms with E-state index in [0.29, 0.717) is 30.3 Å². The van der Waals surface area contributed by atoms with Gasteiger partial charge in [-0.2, -0.15) is 0 Å². The Morgan fingerprint density at radius 3 is 2.43 bits per heavy atom. The highest BCUT2D eigenvalue weighted by Crippen LogP contribution is 2.33. The van der Waals surface area contributed by atoms with E-state index in [2.05, 4.69) is 31.2 Å². The summed E-state index contributed by atoms with van der Waals surface area (Å²) in [6.07, 6.45) is 8.98. The lowest BCUT2D eigenvalue weighted by Crippen LogP contribution is -2.43. The molecule has 1 saturated heterocycles. The SMILES string of the molecule is Nc1ccc(CNC(=O)N[C@H]2CC[C@@H](c3ccc(C(=O)NCCN4CCCCC4)c(Nc4ccccc4)n3)CC2)cn1. The lowest BCUT2D eigenvalue weighted by molar-refractivity contribution is 0.0947. The minimum atomic E-state index is -0.182. The second kappa shape index (κ2) is 14.6. The van der Waals surface area contributed by atoms with Crippen LogP contribution < -0.4 is 27.0 Å². The number of likely N-dealkylation sites (tertiary alicyclic amines) is 1. The molecule has 5 rings (SSSR count). The summed E-state index contributed by atoms with van der Waals surface area (Å²) in [4.78, 5) is 37.1. The molecule has 0 radical (unpaired) electrons. The van der Waals surface area contributed by atoms with Crippen molar-refractivity contribution in [1.29, 1.82) is 0 Å². The molecule has 0 bridgehead atoms. The molecule has 3 aromatic rings. The summed E-state index contributed by atoms with van der Waals surface area (Å²) in [6.45, 7) is 4.10. The topological polar surface area (TPSA) is 137 Å². The monoisotopic (exact) mass is 570 g/mol. The highest BCUT2D eigenvalue weighted by Gasteiger charge is 2.26. The molecule has 3 amide bonds. The Bertz CT molecular complexity index is 1300. The maximum atomic E-state index is 13.2. The molecule has 3 heterocycles. The molecular weight excluding hydrogens is 528 g/mol. The number of carbonyl (C=O) groups excluding carboxylic acids is 2. The van der Waals surface area contributed by atoms with Crippen molar-refractivity contribution in [2.24, 2.45) is 0 Å². The van der Waals surface area contributed by atoms with Gasteiger partial charge in [0.25, 0.3) is 5.91 Å². The summed E-state index contributed by atoms with van der Waals surface area (Å²) in [5.41, 5.74) is 8.93. The van der Waals surface area contributed by atoms with Gasteiger partial charge in [0.2, 0.25) is 0 Å². The van der Waals surface area contributed by atoms with Crippen LogP contribution in [0.3, 0.4) is 0 Å². The van der Waals surface area contributed by atoms with Gasteiger partial charge in [0.1, 0.15) is 11.6 Å². The van der Waals surface area contributed by atoms with Crippen LogP contribution >= 0.6 is 0 Å². The molecule has 6 N–H and O–H groups in total. The van der Waals surface area contributed by atoms with Crippen LogP contribution in [0.15, 0.2) is 60.8 Å². The van der Waals surface area contributed by atoms with Gasteiger partial charge in [-0.05, 0) is 87.5 Å². The third-order valence-electron chi connectivity index (χ3n) is 8.14. The predicted octanol–water partition coefficient (Wildman–Crippen LogP) is 4.54. The minimum Gasteiger partial charge on any atom is -0.384 e. The number of amides is 3. The highest BCUT2D eigenvalue weighted by atomic mass is 16.2. The number of hydrogen-bond acceptors (Lipinski definition) is 7. The largest absolute Gasteiger partial charge is 0.384 e. The van der Waals surface area contributed by atoms with Gasteiger partial charge >= 0.3 is 6.03 Å². The molecule has 0 unspecified atom stereocenters. The molecule has 0 atom stereocenters. The van der Waals surface area contributed by atoms with Crippen LogP contribution in [-0.2, 0) is 6.54 Å². The van der Waals surface area contributed by atoms with E-state index in [0.717, 1.165) is 62.3 Å². The number of nitrogens with zero attached hydrogens (tertiary/aromatic N) is 3. The Kier molecular flexibility index (Phi) is 10.2. The van der Waals surface area contributed by atoms with E-state index in [1.165, 1.54) is 19.3 Å². The average Bonchev–Trinajstić information content (AvgIpc) is 3.02. The van der Waals surface area contributed by atoms with Gasteiger partial charge in [-0.1, -0.05) is 30.7 Å². The van der Waals surface area contributed by atoms with Crippen molar-refractivity contribution < 1.29 is 9.59 Å². The van der Waals surface area contributed by atoms with Gasteiger partial charge in [0.05, 0.1) is 5.56 Å². The average molecular weight is 571 g/mol. The van der Waals surface area contributed by atoms with E-state index in [1.54, 1.807) is 12.3 Å². The van der Waals surface area contributed by atoms with Crippen LogP contribution in [0.5, 0.6) is 0 Å². The molecule has 2 aromatic heterocycles. The van der Waals surface area contributed by atoms with Crippen molar-refractivity contribution in [2.75, 3.05) is 37.2 Å². The van der Waals surface area contributed by atoms with Gasteiger partial charge < -0.3 is 31.9 Å². The van der Waals surface area contributed by atoms with E-state index < -0.39 is 0 Å². The number of benzene rings is 1. The number of nitrogen functional groups attached to an aromatic ring is 1. The fourth-order valence-electron chi connectivity index (χ4n) is 5.74. The van der Waals surface area contributed by atoms with Crippen LogP contribution in [0.1, 0.15) is 72.5 Å². The number of carbonyl (C=O) groups is 2. The summed E-state index contributed by atoms with van der Waals surface area (Å²) in [5.74, 6) is 1.18. The number of aromatic nitrogens is 2. The number of pyridine rings is 2.